The molecule has 1 aromatic heterocycles. The third-order valence-electron chi connectivity index (χ3n) is 4.52. The van der Waals surface area contributed by atoms with Crippen molar-refractivity contribution in [3.05, 3.63) is 78.4 Å². The van der Waals surface area contributed by atoms with Gasteiger partial charge in [-0.15, -0.1) is 0 Å². The van der Waals surface area contributed by atoms with E-state index in [1.807, 2.05) is 30.3 Å². The second kappa shape index (κ2) is 11.7. The van der Waals surface area contributed by atoms with Gasteiger partial charge in [0.2, 0.25) is 0 Å². The van der Waals surface area contributed by atoms with Crippen LogP contribution in [0.1, 0.15) is 25.0 Å². The van der Waals surface area contributed by atoms with Crippen LogP contribution in [0, 0.1) is 5.92 Å². The number of benzene rings is 2. The lowest BCUT2D eigenvalue weighted by Crippen LogP contribution is -2.40. The number of ether oxygens (including phenoxy) is 1. The molecule has 0 aliphatic rings. The summed E-state index contributed by atoms with van der Waals surface area (Å²) in [6.07, 6.45) is 3.21. The molecular weight excluding hydrogens is 376 g/mol. The minimum Gasteiger partial charge on any atom is -0.376 e. The van der Waals surface area contributed by atoms with E-state index < -0.39 is 0 Å². The van der Waals surface area contributed by atoms with Crippen molar-refractivity contribution in [2.45, 2.75) is 27.0 Å². The van der Waals surface area contributed by atoms with Gasteiger partial charge < -0.3 is 15.4 Å². The molecule has 30 heavy (non-hydrogen) atoms. The van der Waals surface area contributed by atoms with Gasteiger partial charge in [0.1, 0.15) is 12.7 Å². The standard InChI is InChI=1S/C23H30N6O/c1-3-25-23(26-13-19(2)15-30-16-21-7-5-4-6-8-21)27-14-20-9-11-22(12-10-20)29-18-24-17-28-29/h4-12,17-19H,3,13-16H2,1-2H3,(H2,25,26,27). The van der Waals surface area contributed by atoms with Gasteiger partial charge in [-0.05, 0) is 36.1 Å². The fraction of sp³-hybridized carbons (Fsp3) is 0.348. The smallest absolute Gasteiger partial charge is 0.191 e. The number of hydrogen-bond acceptors (Lipinski definition) is 4. The Morgan fingerprint density at radius 1 is 1.07 bits per heavy atom. The third-order valence-corrected chi connectivity index (χ3v) is 4.52. The van der Waals surface area contributed by atoms with Crippen LogP contribution in [0.4, 0.5) is 0 Å². The number of aliphatic imine (C=N–C) groups is 1. The van der Waals surface area contributed by atoms with Crippen LogP contribution in [0.3, 0.4) is 0 Å². The van der Waals surface area contributed by atoms with Gasteiger partial charge >= 0.3 is 0 Å². The Morgan fingerprint density at radius 3 is 2.57 bits per heavy atom. The van der Waals surface area contributed by atoms with Gasteiger partial charge in [0, 0.05) is 13.1 Å². The highest BCUT2D eigenvalue weighted by Crippen LogP contribution is 2.09. The van der Waals surface area contributed by atoms with E-state index in [0.717, 1.165) is 30.3 Å². The lowest BCUT2D eigenvalue weighted by molar-refractivity contribution is 0.0931. The quantitative estimate of drug-likeness (QED) is 0.399. The largest absolute Gasteiger partial charge is 0.376 e. The fourth-order valence-corrected chi connectivity index (χ4v) is 2.89. The van der Waals surface area contributed by atoms with Gasteiger partial charge in [-0.1, -0.05) is 49.4 Å². The van der Waals surface area contributed by atoms with Crippen molar-refractivity contribution in [2.75, 3.05) is 19.7 Å². The number of rotatable bonds is 10. The molecule has 3 rings (SSSR count). The van der Waals surface area contributed by atoms with Crippen molar-refractivity contribution in [1.29, 1.82) is 0 Å². The minimum absolute atomic E-state index is 0.375. The summed E-state index contributed by atoms with van der Waals surface area (Å²) in [6.45, 7) is 7.80. The van der Waals surface area contributed by atoms with Gasteiger partial charge in [0.25, 0.3) is 0 Å². The molecule has 0 amide bonds. The number of aromatic nitrogens is 3. The maximum atomic E-state index is 5.83. The van der Waals surface area contributed by atoms with Crippen LogP contribution in [-0.4, -0.2) is 40.4 Å². The predicted octanol–water partition coefficient (Wildman–Crippen LogP) is 3.18. The van der Waals surface area contributed by atoms with Crippen molar-refractivity contribution in [3.63, 3.8) is 0 Å². The zero-order chi connectivity index (χ0) is 21.0. The van der Waals surface area contributed by atoms with Gasteiger partial charge in [-0.25, -0.2) is 14.7 Å². The molecule has 0 aliphatic carbocycles. The first-order valence-electron chi connectivity index (χ1n) is 10.3. The van der Waals surface area contributed by atoms with Crippen molar-refractivity contribution in [2.24, 2.45) is 10.9 Å². The number of nitrogens with zero attached hydrogens (tertiary/aromatic N) is 4. The Hall–Kier alpha value is -3.19. The lowest BCUT2D eigenvalue weighted by Gasteiger charge is -2.16. The van der Waals surface area contributed by atoms with Crippen molar-refractivity contribution >= 4 is 5.96 Å². The average Bonchev–Trinajstić information content (AvgIpc) is 3.32. The van der Waals surface area contributed by atoms with Crippen LogP contribution in [0.25, 0.3) is 5.69 Å². The first kappa shape index (κ1) is 21.5. The third kappa shape index (κ3) is 7.00. The van der Waals surface area contributed by atoms with Crippen LogP contribution >= 0.6 is 0 Å². The van der Waals surface area contributed by atoms with Crippen molar-refractivity contribution in [1.82, 2.24) is 25.4 Å². The van der Waals surface area contributed by atoms with E-state index in [2.05, 4.69) is 58.8 Å². The maximum absolute atomic E-state index is 5.83. The monoisotopic (exact) mass is 406 g/mol. The molecule has 3 aromatic rings. The molecule has 0 bridgehead atoms. The summed E-state index contributed by atoms with van der Waals surface area (Å²) < 4.78 is 7.57. The first-order valence-corrected chi connectivity index (χ1v) is 10.3. The maximum Gasteiger partial charge on any atom is 0.191 e. The molecule has 7 heteroatoms. The summed E-state index contributed by atoms with van der Waals surface area (Å²) >= 11 is 0. The normalized spacial score (nSPS) is 12.5. The van der Waals surface area contributed by atoms with Gasteiger partial charge in [-0.2, -0.15) is 5.10 Å². The molecule has 0 fully saturated rings. The Labute approximate surface area is 178 Å². The molecule has 2 N–H and O–H groups in total. The summed E-state index contributed by atoms with van der Waals surface area (Å²) in [7, 11) is 0. The van der Waals surface area contributed by atoms with E-state index in [1.165, 1.54) is 11.9 Å². The summed E-state index contributed by atoms with van der Waals surface area (Å²) in [5, 5.41) is 10.9. The topological polar surface area (TPSA) is 76.4 Å². The SMILES string of the molecule is CCNC(=NCc1ccc(-n2cncn2)cc1)NCC(C)COCc1ccccc1. The molecule has 158 valence electrons. The summed E-state index contributed by atoms with van der Waals surface area (Å²) in [4.78, 5) is 8.67. The Kier molecular flexibility index (Phi) is 8.41. The van der Waals surface area contributed by atoms with Gasteiger partial charge in [0.05, 0.1) is 25.4 Å². The first-order chi connectivity index (χ1) is 14.7. The van der Waals surface area contributed by atoms with E-state index in [4.69, 9.17) is 9.73 Å². The van der Waals surface area contributed by atoms with E-state index in [0.29, 0.717) is 25.7 Å². The van der Waals surface area contributed by atoms with E-state index in [1.54, 1.807) is 11.0 Å². The molecule has 2 aromatic carbocycles. The molecule has 1 unspecified atom stereocenters. The molecule has 0 radical (unpaired) electrons. The molecule has 0 saturated heterocycles. The van der Waals surface area contributed by atoms with Crippen molar-refractivity contribution < 1.29 is 4.74 Å². The van der Waals surface area contributed by atoms with E-state index in [-0.39, 0.29) is 0 Å². The summed E-state index contributed by atoms with van der Waals surface area (Å²) in [6, 6.07) is 18.4. The zero-order valence-corrected chi connectivity index (χ0v) is 17.7. The van der Waals surface area contributed by atoms with E-state index in [9.17, 15) is 0 Å². The molecule has 0 aliphatic heterocycles. The van der Waals surface area contributed by atoms with Gasteiger partial charge in [0.15, 0.2) is 5.96 Å². The second-order valence-corrected chi connectivity index (χ2v) is 7.19. The zero-order valence-electron chi connectivity index (χ0n) is 17.7. The van der Waals surface area contributed by atoms with Crippen LogP contribution < -0.4 is 10.6 Å². The second-order valence-electron chi connectivity index (χ2n) is 7.19. The fourth-order valence-electron chi connectivity index (χ4n) is 2.89. The van der Waals surface area contributed by atoms with Crippen LogP contribution in [0.2, 0.25) is 0 Å². The van der Waals surface area contributed by atoms with Crippen LogP contribution in [0.5, 0.6) is 0 Å². The average molecular weight is 407 g/mol. The Bertz CT molecular complexity index is 878. The Balaban J connectivity index is 1.44. The Morgan fingerprint density at radius 2 is 1.87 bits per heavy atom. The van der Waals surface area contributed by atoms with Crippen LogP contribution in [-0.2, 0) is 17.9 Å². The number of guanidine groups is 1. The highest BCUT2D eigenvalue weighted by atomic mass is 16.5. The highest BCUT2D eigenvalue weighted by Gasteiger charge is 2.05. The molecule has 0 saturated carbocycles. The van der Waals surface area contributed by atoms with E-state index >= 15 is 0 Å². The molecule has 7 nitrogen and oxygen atoms in total. The number of hydrogen-bond donors (Lipinski definition) is 2. The number of nitrogens with one attached hydrogen (secondary N) is 2. The summed E-state index contributed by atoms with van der Waals surface area (Å²) in [5.74, 6) is 1.19. The highest BCUT2D eigenvalue weighted by molar-refractivity contribution is 5.79. The molecule has 1 heterocycles. The van der Waals surface area contributed by atoms with Crippen molar-refractivity contribution in [3.8, 4) is 5.69 Å². The predicted molar refractivity (Wildman–Crippen MR) is 119 cm³/mol. The molecule has 1 atom stereocenters. The molecule has 0 spiro atoms. The minimum atomic E-state index is 0.375. The van der Waals surface area contributed by atoms with Crippen LogP contribution in [0.15, 0.2) is 72.2 Å². The summed E-state index contributed by atoms with van der Waals surface area (Å²) in [5.41, 5.74) is 3.31. The molecular formula is C23H30N6O. The lowest BCUT2D eigenvalue weighted by atomic mass is 10.2. The van der Waals surface area contributed by atoms with Gasteiger partial charge in [-0.3, -0.25) is 0 Å².